The molecule has 2 aromatic rings. The Bertz CT molecular complexity index is 554. The third-order valence-corrected chi connectivity index (χ3v) is 2.20. The van der Waals surface area contributed by atoms with Crippen LogP contribution in [-0.4, -0.2) is 17.0 Å². The summed E-state index contributed by atoms with van der Waals surface area (Å²) in [6, 6.07) is 9.23. The highest BCUT2D eigenvalue weighted by Crippen LogP contribution is 2.24. The van der Waals surface area contributed by atoms with Crippen molar-refractivity contribution in [2.24, 2.45) is 0 Å². The number of nitro groups is 1. The summed E-state index contributed by atoms with van der Waals surface area (Å²) < 4.78 is 10.4. The number of ether oxygens (including phenoxy) is 2. The number of aromatic nitrogens is 1. The normalized spacial score (nSPS) is 9.83. The minimum atomic E-state index is -0.478. The van der Waals surface area contributed by atoms with E-state index in [0.717, 1.165) is 0 Å². The smallest absolute Gasteiger partial charge is 0.273 e. The molecule has 0 bridgehead atoms. The van der Waals surface area contributed by atoms with Crippen LogP contribution in [0.15, 0.2) is 42.6 Å². The topological polar surface area (TPSA) is 74.5 Å². The molecular weight excluding hydrogens is 236 g/mol. The number of nitrogens with zero attached hydrogens (tertiary/aromatic N) is 2. The molecule has 1 aromatic carbocycles. The molecular formula is C12H10N2O4. The molecule has 0 aliphatic heterocycles. The number of hydrogen-bond donors (Lipinski definition) is 0. The number of hydrogen-bond acceptors (Lipinski definition) is 5. The van der Waals surface area contributed by atoms with Crippen molar-refractivity contribution in [3.63, 3.8) is 0 Å². The van der Waals surface area contributed by atoms with Gasteiger partial charge in [0.15, 0.2) is 0 Å². The summed E-state index contributed by atoms with van der Waals surface area (Å²) in [5.41, 5.74) is -0.0268. The van der Waals surface area contributed by atoms with E-state index in [4.69, 9.17) is 9.47 Å². The van der Waals surface area contributed by atoms with E-state index < -0.39 is 4.92 Å². The lowest BCUT2D eigenvalue weighted by Gasteiger charge is -2.05. The van der Waals surface area contributed by atoms with Crippen molar-refractivity contribution in [1.82, 2.24) is 4.98 Å². The fraction of sp³-hybridized carbons (Fsp3) is 0.0833. The van der Waals surface area contributed by atoms with Crippen molar-refractivity contribution in [1.29, 1.82) is 0 Å². The van der Waals surface area contributed by atoms with Gasteiger partial charge >= 0.3 is 0 Å². The standard InChI is InChI=1S/C12H10N2O4/c1-17-11-5-6-12(13-8-11)18-10-4-2-3-9(7-10)14(15)16/h2-8H,1H3. The first-order valence-corrected chi connectivity index (χ1v) is 5.11. The van der Waals surface area contributed by atoms with Gasteiger partial charge in [0, 0.05) is 12.1 Å². The Morgan fingerprint density at radius 2 is 2.06 bits per heavy atom. The van der Waals surface area contributed by atoms with Gasteiger partial charge in [-0.15, -0.1) is 0 Å². The summed E-state index contributed by atoms with van der Waals surface area (Å²) in [4.78, 5) is 14.1. The first-order chi connectivity index (χ1) is 8.69. The van der Waals surface area contributed by atoms with Gasteiger partial charge in [0.2, 0.25) is 5.88 Å². The van der Waals surface area contributed by atoms with Crippen LogP contribution in [-0.2, 0) is 0 Å². The third kappa shape index (κ3) is 2.73. The maximum absolute atomic E-state index is 10.6. The molecule has 0 aliphatic carbocycles. The van der Waals surface area contributed by atoms with E-state index in [0.29, 0.717) is 17.4 Å². The monoisotopic (exact) mass is 246 g/mol. The predicted molar refractivity (Wildman–Crippen MR) is 64.0 cm³/mol. The van der Waals surface area contributed by atoms with Crippen molar-refractivity contribution in [2.75, 3.05) is 7.11 Å². The maximum atomic E-state index is 10.6. The Kier molecular flexibility index (Phi) is 3.38. The molecule has 0 saturated heterocycles. The third-order valence-electron chi connectivity index (χ3n) is 2.20. The van der Waals surface area contributed by atoms with E-state index >= 15 is 0 Å². The van der Waals surface area contributed by atoms with Crippen molar-refractivity contribution in [3.05, 3.63) is 52.7 Å². The van der Waals surface area contributed by atoms with Gasteiger partial charge in [-0.3, -0.25) is 10.1 Å². The molecule has 0 radical (unpaired) electrons. The van der Waals surface area contributed by atoms with Crippen LogP contribution in [0.4, 0.5) is 5.69 Å². The Balaban J connectivity index is 2.17. The lowest BCUT2D eigenvalue weighted by Crippen LogP contribution is -1.91. The molecule has 92 valence electrons. The Hall–Kier alpha value is -2.63. The van der Waals surface area contributed by atoms with Gasteiger partial charge in [0.1, 0.15) is 11.5 Å². The van der Waals surface area contributed by atoms with Crippen molar-refractivity contribution in [2.45, 2.75) is 0 Å². The van der Waals surface area contributed by atoms with Gasteiger partial charge in [-0.2, -0.15) is 0 Å². The van der Waals surface area contributed by atoms with Crippen molar-refractivity contribution < 1.29 is 14.4 Å². The number of rotatable bonds is 4. The molecule has 1 heterocycles. The minimum absolute atomic E-state index is 0.0268. The molecule has 1 aromatic heterocycles. The van der Waals surface area contributed by atoms with E-state index in [9.17, 15) is 10.1 Å². The minimum Gasteiger partial charge on any atom is -0.495 e. The zero-order valence-electron chi connectivity index (χ0n) is 9.57. The summed E-state index contributed by atoms with van der Waals surface area (Å²) in [5.74, 6) is 1.32. The Labute approximate surface area is 103 Å². The Morgan fingerprint density at radius 1 is 1.22 bits per heavy atom. The zero-order valence-corrected chi connectivity index (χ0v) is 9.57. The van der Waals surface area contributed by atoms with E-state index in [1.165, 1.54) is 25.4 Å². The van der Waals surface area contributed by atoms with Crippen LogP contribution >= 0.6 is 0 Å². The average Bonchev–Trinajstić information content (AvgIpc) is 2.40. The summed E-state index contributed by atoms with van der Waals surface area (Å²) >= 11 is 0. The predicted octanol–water partition coefficient (Wildman–Crippen LogP) is 2.79. The van der Waals surface area contributed by atoms with E-state index in [-0.39, 0.29) is 5.69 Å². The number of pyridine rings is 1. The summed E-state index contributed by atoms with van der Waals surface area (Å²) in [5, 5.41) is 10.6. The van der Waals surface area contributed by atoms with Crippen molar-refractivity contribution in [3.8, 4) is 17.4 Å². The molecule has 0 saturated carbocycles. The first-order valence-electron chi connectivity index (χ1n) is 5.11. The van der Waals surface area contributed by atoms with Gasteiger partial charge < -0.3 is 9.47 Å². The Morgan fingerprint density at radius 3 is 2.67 bits per heavy atom. The van der Waals surface area contributed by atoms with Crippen molar-refractivity contribution >= 4 is 5.69 Å². The molecule has 0 amide bonds. The molecule has 6 heteroatoms. The van der Waals surface area contributed by atoms with Crippen LogP contribution in [0, 0.1) is 10.1 Å². The molecule has 0 fully saturated rings. The number of non-ortho nitro benzene ring substituents is 1. The van der Waals surface area contributed by atoms with Crippen LogP contribution < -0.4 is 9.47 Å². The summed E-state index contributed by atoms with van der Waals surface area (Å²) in [6.07, 6.45) is 1.51. The molecule has 0 N–H and O–H groups in total. The molecule has 0 unspecified atom stereocenters. The molecule has 2 rings (SSSR count). The highest BCUT2D eigenvalue weighted by atomic mass is 16.6. The van der Waals surface area contributed by atoms with E-state index in [1.54, 1.807) is 24.3 Å². The van der Waals surface area contributed by atoms with Gasteiger partial charge in [-0.05, 0) is 12.1 Å². The fourth-order valence-electron chi connectivity index (χ4n) is 1.33. The highest BCUT2D eigenvalue weighted by molar-refractivity contribution is 5.39. The van der Waals surface area contributed by atoms with E-state index in [1.807, 2.05) is 0 Å². The van der Waals surface area contributed by atoms with Crippen LogP contribution in [0.2, 0.25) is 0 Å². The van der Waals surface area contributed by atoms with Gasteiger partial charge in [0.05, 0.1) is 24.3 Å². The lowest BCUT2D eigenvalue weighted by molar-refractivity contribution is -0.384. The fourth-order valence-corrected chi connectivity index (χ4v) is 1.33. The largest absolute Gasteiger partial charge is 0.495 e. The van der Waals surface area contributed by atoms with Crippen LogP contribution in [0.25, 0.3) is 0 Å². The van der Waals surface area contributed by atoms with Crippen LogP contribution in [0.5, 0.6) is 17.4 Å². The van der Waals surface area contributed by atoms with Crippen LogP contribution in [0.1, 0.15) is 0 Å². The van der Waals surface area contributed by atoms with E-state index in [2.05, 4.69) is 4.98 Å². The number of methoxy groups -OCH3 is 1. The number of benzene rings is 1. The maximum Gasteiger partial charge on any atom is 0.273 e. The SMILES string of the molecule is COc1ccc(Oc2cccc([N+](=O)[O-])c2)nc1. The highest BCUT2D eigenvalue weighted by Gasteiger charge is 2.07. The molecule has 18 heavy (non-hydrogen) atoms. The molecule has 0 spiro atoms. The lowest BCUT2D eigenvalue weighted by atomic mass is 10.3. The zero-order chi connectivity index (χ0) is 13.0. The summed E-state index contributed by atoms with van der Waals surface area (Å²) in [7, 11) is 1.54. The van der Waals surface area contributed by atoms with Crippen LogP contribution in [0.3, 0.4) is 0 Å². The number of nitro benzene ring substituents is 1. The quantitative estimate of drug-likeness (QED) is 0.612. The van der Waals surface area contributed by atoms with Gasteiger partial charge in [-0.1, -0.05) is 6.07 Å². The second kappa shape index (κ2) is 5.13. The second-order valence-electron chi connectivity index (χ2n) is 3.39. The molecule has 6 nitrogen and oxygen atoms in total. The van der Waals surface area contributed by atoms with Gasteiger partial charge in [-0.25, -0.2) is 4.98 Å². The average molecular weight is 246 g/mol. The van der Waals surface area contributed by atoms with Gasteiger partial charge in [0.25, 0.3) is 5.69 Å². The first kappa shape index (κ1) is 11.8. The molecule has 0 aliphatic rings. The second-order valence-corrected chi connectivity index (χ2v) is 3.39. The summed E-state index contributed by atoms with van der Waals surface area (Å²) in [6.45, 7) is 0. The molecule has 0 atom stereocenters.